The highest BCUT2D eigenvalue weighted by molar-refractivity contribution is 9.10. The molecule has 0 aliphatic rings. The largest absolute Gasteiger partial charge is 0.312 e. The Labute approximate surface area is 101 Å². The van der Waals surface area contributed by atoms with Crippen LogP contribution < -0.4 is 5.32 Å². The van der Waals surface area contributed by atoms with Crippen LogP contribution in [-0.2, 0) is 6.54 Å². The molecule has 1 N–H and O–H groups in total. The molecule has 0 aliphatic heterocycles. The standard InChI is InChI=1S/C13H18BrN/c1-3-4-5-8-15-10-12-7-6-11(2)13(14)9-12/h3-4,6-7,9,15H,5,8,10H2,1-2H3/b4-3+. The summed E-state index contributed by atoms with van der Waals surface area (Å²) in [5.41, 5.74) is 2.61. The lowest BCUT2D eigenvalue weighted by atomic mass is 10.1. The van der Waals surface area contributed by atoms with Crippen LogP contribution in [0.2, 0.25) is 0 Å². The molecule has 1 aromatic rings. The molecule has 1 aromatic carbocycles. The first-order valence-corrected chi connectivity index (χ1v) is 6.10. The number of allylic oxidation sites excluding steroid dienone is 1. The smallest absolute Gasteiger partial charge is 0.0207 e. The molecule has 0 saturated heterocycles. The predicted octanol–water partition coefficient (Wildman–Crippen LogP) is 3.81. The van der Waals surface area contributed by atoms with E-state index in [1.807, 2.05) is 0 Å². The van der Waals surface area contributed by atoms with Crippen molar-refractivity contribution in [2.24, 2.45) is 0 Å². The third kappa shape index (κ3) is 4.63. The van der Waals surface area contributed by atoms with E-state index in [0.29, 0.717) is 0 Å². The van der Waals surface area contributed by atoms with E-state index in [4.69, 9.17) is 0 Å². The van der Waals surface area contributed by atoms with Crippen LogP contribution in [0.1, 0.15) is 24.5 Å². The monoisotopic (exact) mass is 267 g/mol. The van der Waals surface area contributed by atoms with Crippen LogP contribution >= 0.6 is 15.9 Å². The lowest BCUT2D eigenvalue weighted by molar-refractivity contribution is 0.695. The van der Waals surface area contributed by atoms with Gasteiger partial charge in [0.2, 0.25) is 0 Å². The van der Waals surface area contributed by atoms with Crippen molar-refractivity contribution < 1.29 is 0 Å². The van der Waals surface area contributed by atoms with E-state index in [2.05, 4.69) is 65.4 Å². The van der Waals surface area contributed by atoms with Gasteiger partial charge in [-0.15, -0.1) is 0 Å². The van der Waals surface area contributed by atoms with E-state index in [-0.39, 0.29) is 0 Å². The minimum atomic E-state index is 0.941. The number of rotatable bonds is 5. The lowest BCUT2D eigenvalue weighted by Gasteiger charge is -2.05. The van der Waals surface area contributed by atoms with Crippen LogP contribution in [0, 0.1) is 6.92 Å². The van der Waals surface area contributed by atoms with Gasteiger partial charge in [-0.1, -0.05) is 40.2 Å². The average Bonchev–Trinajstić information content (AvgIpc) is 2.23. The second-order valence-corrected chi connectivity index (χ2v) is 4.47. The van der Waals surface area contributed by atoms with Crippen molar-refractivity contribution in [1.29, 1.82) is 0 Å². The maximum absolute atomic E-state index is 3.54. The van der Waals surface area contributed by atoms with Crippen molar-refractivity contribution in [1.82, 2.24) is 5.32 Å². The van der Waals surface area contributed by atoms with Gasteiger partial charge in [-0.2, -0.15) is 0 Å². The summed E-state index contributed by atoms with van der Waals surface area (Å²) < 4.78 is 1.19. The minimum Gasteiger partial charge on any atom is -0.312 e. The molecule has 0 amide bonds. The zero-order chi connectivity index (χ0) is 11.1. The molecule has 0 aromatic heterocycles. The van der Waals surface area contributed by atoms with Crippen molar-refractivity contribution in [3.05, 3.63) is 46.0 Å². The summed E-state index contributed by atoms with van der Waals surface area (Å²) in [6.07, 6.45) is 5.37. The second-order valence-electron chi connectivity index (χ2n) is 3.62. The summed E-state index contributed by atoms with van der Waals surface area (Å²) in [5.74, 6) is 0. The maximum Gasteiger partial charge on any atom is 0.0207 e. The van der Waals surface area contributed by atoms with Crippen LogP contribution in [-0.4, -0.2) is 6.54 Å². The maximum atomic E-state index is 3.54. The lowest BCUT2D eigenvalue weighted by Crippen LogP contribution is -2.13. The van der Waals surface area contributed by atoms with Gasteiger partial charge < -0.3 is 5.32 Å². The fraction of sp³-hybridized carbons (Fsp3) is 0.385. The van der Waals surface area contributed by atoms with E-state index < -0.39 is 0 Å². The van der Waals surface area contributed by atoms with E-state index in [9.17, 15) is 0 Å². The quantitative estimate of drug-likeness (QED) is 0.632. The Morgan fingerprint density at radius 1 is 1.40 bits per heavy atom. The number of hydrogen-bond acceptors (Lipinski definition) is 1. The normalized spacial score (nSPS) is 11.1. The second kappa shape index (κ2) is 6.81. The van der Waals surface area contributed by atoms with Crippen LogP contribution in [0.5, 0.6) is 0 Å². The highest BCUT2D eigenvalue weighted by atomic mass is 79.9. The van der Waals surface area contributed by atoms with Crippen LogP contribution in [0.15, 0.2) is 34.8 Å². The topological polar surface area (TPSA) is 12.0 Å². The van der Waals surface area contributed by atoms with Gasteiger partial charge in [-0.3, -0.25) is 0 Å². The van der Waals surface area contributed by atoms with Crippen molar-refractivity contribution in [2.75, 3.05) is 6.54 Å². The molecule has 0 aliphatic carbocycles. The Morgan fingerprint density at radius 2 is 2.20 bits per heavy atom. The van der Waals surface area contributed by atoms with Crippen molar-refractivity contribution >= 4 is 15.9 Å². The number of hydrogen-bond donors (Lipinski definition) is 1. The van der Waals surface area contributed by atoms with Crippen LogP contribution in [0.3, 0.4) is 0 Å². The minimum absolute atomic E-state index is 0.941. The van der Waals surface area contributed by atoms with E-state index in [0.717, 1.165) is 19.5 Å². The van der Waals surface area contributed by atoms with E-state index >= 15 is 0 Å². The highest BCUT2D eigenvalue weighted by Crippen LogP contribution is 2.17. The van der Waals surface area contributed by atoms with Gasteiger partial charge in [-0.05, 0) is 44.0 Å². The Balaban J connectivity index is 2.34. The van der Waals surface area contributed by atoms with Gasteiger partial charge in [0.05, 0.1) is 0 Å². The number of benzene rings is 1. The molecular formula is C13H18BrN. The molecule has 15 heavy (non-hydrogen) atoms. The van der Waals surface area contributed by atoms with Gasteiger partial charge in [0.15, 0.2) is 0 Å². The molecule has 0 bridgehead atoms. The molecule has 0 heterocycles. The van der Waals surface area contributed by atoms with Crippen molar-refractivity contribution in [3.8, 4) is 0 Å². The first-order chi connectivity index (χ1) is 7.24. The van der Waals surface area contributed by atoms with Gasteiger partial charge in [0, 0.05) is 11.0 Å². The predicted molar refractivity (Wildman–Crippen MR) is 70.0 cm³/mol. The molecule has 82 valence electrons. The third-order valence-corrected chi connectivity index (χ3v) is 3.14. The first-order valence-electron chi connectivity index (χ1n) is 5.31. The Kier molecular flexibility index (Phi) is 5.66. The highest BCUT2D eigenvalue weighted by Gasteiger charge is 1.96. The molecule has 0 unspecified atom stereocenters. The zero-order valence-electron chi connectivity index (χ0n) is 9.39. The van der Waals surface area contributed by atoms with Crippen molar-refractivity contribution in [2.45, 2.75) is 26.8 Å². The molecule has 2 heteroatoms. The van der Waals surface area contributed by atoms with Gasteiger partial charge in [0.25, 0.3) is 0 Å². The molecule has 1 rings (SSSR count). The van der Waals surface area contributed by atoms with Gasteiger partial charge in [-0.25, -0.2) is 0 Å². The summed E-state index contributed by atoms with van der Waals surface area (Å²) in [6.45, 7) is 6.14. The molecule has 0 fully saturated rings. The van der Waals surface area contributed by atoms with E-state index in [1.54, 1.807) is 0 Å². The summed E-state index contributed by atoms with van der Waals surface area (Å²) >= 11 is 3.54. The van der Waals surface area contributed by atoms with E-state index in [1.165, 1.54) is 15.6 Å². The Hall–Kier alpha value is -0.600. The van der Waals surface area contributed by atoms with Crippen LogP contribution in [0.4, 0.5) is 0 Å². The Morgan fingerprint density at radius 3 is 2.87 bits per heavy atom. The first kappa shape index (κ1) is 12.5. The summed E-state index contributed by atoms with van der Waals surface area (Å²) in [7, 11) is 0. The fourth-order valence-corrected chi connectivity index (χ4v) is 1.76. The molecule has 0 spiro atoms. The number of nitrogens with one attached hydrogen (secondary N) is 1. The number of aryl methyl sites for hydroxylation is 1. The molecule has 0 saturated carbocycles. The summed E-state index contributed by atoms with van der Waals surface area (Å²) in [5, 5.41) is 3.41. The average molecular weight is 268 g/mol. The molecule has 0 atom stereocenters. The van der Waals surface area contributed by atoms with Gasteiger partial charge in [0.1, 0.15) is 0 Å². The SMILES string of the molecule is C/C=C/CCNCc1ccc(C)c(Br)c1. The fourth-order valence-electron chi connectivity index (χ4n) is 1.33. The third-order valence-electron chi connectivity index (χ3n) is 2.29. The summed E-state index contributed by atoms with van der Waals surface area (Å²) in [6, 6.07) is 6.49. The Bertz CT molecular complexity index is 331. The molecule has 1 nitrogen and oxygen atoms in total. The zero-order valence-corrected chi connectivity index (χ0v) is 11.0. The van der Waals surface area contributed by atoms with Gasteiger partial charge >= 0.3 is 0 Å². The molecular weight excluding hydrogens is 250 g/mol. The molecule has 0 radical (unpaired) electrons. The van der Waals surface area contributed by atoms with Crippen molar-refractivity contribution in [3.63, 3.8) is 0 Å². The number of halogens is 1. The summed E-state index contributed by atoms with van der Waals surface area (Å²) in [4.78, 5) is 0. The van der Waals surface area contributed by atoms with Crippen LogP contribution in [0.25, 0.3) is 0 Å².